The first-order chi connectivity index (χ1) is 17.9. The summed E-state index contributed by atoms with van der Waals surface area (Å²) in [4.78, 5) is 39.6. The number of esters is 1. The maximum absolute atomic E-state index is 12.7. The number of hydrogen-bond acceptors (Lipinski definition) is 5. The van der Waals surface area contributed by atoms with Crippen LogP contribution in [0.2, 0.25) is 5.02 Å². The minimum Gasteiger partial charge on any atom is -0.457 e. The van der Waals surface area contributed by atoms with Gasteiger partial charge in [-0.05, 0) is 66.9 Å². The highest BCUT2D eigenvalue weighted by Gasteiger charge is 2.37. The number of fused-ring (bicyclic) bond motifs is 1. The van der Waals surface area contributed by atoms with Gasteiger partial charge >= 0.3 is 5.97 Å². The maximum atomic E-state index is 12.7. The fourth-order valence-corrected chi connectivity index (χ4v) is 4.52. The summed E-state index contributed by atoms with van der Waals surface area (Å²) >= 11 is 5.87. The van der Waals surface area contributed by atoms with Crippen molar-refractivity contribution in [3.8, 4) is 11.5 Å². The highest BCUT2D eigenvalue weighted by molar-refractivity contribution is 6.30. The molecule has 1 amide bonds. The van der Waals surface area contributed by atoms with Crippen molar-refractivity contribution < 1.29 is 23.9 Å². The number of ether oxygens (including phenoxy) is 2. The Kier molecular flexibility index (Phi) is 6.93. The molecule has 1 heterocycles. The number of hydrogen-bond donors (Lipinski definition) is 0. The SMILES string of the molecule is C[C@H](OC(=O)[C@H]1CC(=O)N(c2ccc(Oc3cccc4ccccc34)cc2)C1)C(=O)c1ccc(Cl)cc1. The molecule has 1 aliphatic rings. The van der Waals surface area contributed by atoms with Gasteiger partial charge in [0.15, 0.2) is 6.10 Å². The first kappa shape index (κ1) is 24.5. The van der Waals surface area contributed by atoms with Crippen molar-refractivity contribution in [2.24, 2.45) is 5.92 Å². The first-order valence-electron chi connectivity index (χ1n) is 12.0. The Morgan fingerprint density at radius 2 is 1.62 bits per heavy atom. The molecule has 0 unspecified atom stereocenters. The molecule has 7 heteroatoms. The van der Waals surface area contributed by atoms with Crippen LogP contribution in [0, 0.1) is 5.92 Å². The van der Waals surface area contributed by atoms with E-state index >= 15 is 0 Å². The van der Waals surface area contributed by atoms with Crippen molar-refractivity contribution >= 4 is 45.7 Å². The third kappa shape index (κ3) is 5.34. The lowest BCUT2D eigenvalue weighted by Crippen LogP contribution is -2.30. The molecule has 4 aromatic carbocycles. The Bertz CT molecular complexity index is 1460. The van der Waals surface area contributed by atoms with E-state index in [2.05, 4.69) is 0 Å². The number of benzene rings is 4. The third-order valence-electron chi connectivity index (χ3n) is 6.38. The summed E-state index contributed by atoms with van der Waals surface area (Å²) in [6.07, 6.45) is -0.946. The van der Waals surface area contributed by atoms with Gasteiger partial charge in [-0.25, -0.2) is 0 Å². The molecule has 1 aliphatic heterocycles. The van der Waals surface area contributed by atoms with Gasteiger partial charge < -0.3 is 14.4 Å². The summed E-state index contributed by atoms with van der Waals surface area (Å²) in [6.45, 7) is 1.71. The summed E-state index contributed by atoms with van der Waals surface area (Å²) in [5.74, 6) is -0.346. The lowest BCUT2D eigenvalue weighted by atomic mass is 10.1. The van der Waals surface area contributed by atoms with E-state index in [9.17, 15) is 14.4 Å². The molecule has 0 aliphatic carbocycles. The van der Waals surface area contributed by atoms with Crippen LogP contribution in [0.5, 0.6) is 11.5 Å². The predicted octanol–water partition coefficient (Wildman–Crippen LogP) is 6.45. The van der Waals surface area contributed by atoms with Crippen LogP contribution < -0.4 is 9.64 Å². The number of rotatable bonds is 7. The van der Waals surface area contributed by atoms with Gasteiger partial charge in [-0.2, -0.15) is 0 Å². The molecule has 2 atom stereocenters. The van der Waals surface area contributed by atoms with Crippen molar-refractivity contribution in [3.05, 3.63) is 102 Å². The van der Waals surface area contributed by atoms with Crippen LogP contribution in [0.25, 0.3) is 10.8 Å². The minimum absolute atomic E-state index is 0.0228. The molecule has 0 N–H and O–H groups in total. The number of Topliss-reactive ketones (excluding diaryl/α,β-unsaturated/α-hetero) is 1. The number of anilines is 1. The van der Waals surface area contributed by atoms with E-state index in [-0.39, 0.29) is 24.7 Å². The topological polar surface area (TPSA) is 72.9 Å². The second kappa shape index (κ2) is 10.4. The number of halogens is 1. The van der Waals surface area contributed by atoms with Crippen molar-refractivity contribution in [1.29, 1.82) is 0 Å². The second-order valence-electron chi connectivity index (χ2n) is 8.93. The summed E-state index contributed by atoms with van der Waals surface area (Å²) in [5, 5.41) is 2.61. The van der Waals surface area contributed by atoms with E-state index in [1.54, 1.807) is 53.4 Å². The summed E-state index contributed by atoms with van der Waals surface area (Å²) in [7, 11) is 0. The fraction of sp³-hybridized carbons (Fsp3) is 0.167. The van der Waals surface area contributed by atoms with Crippen molar-refractivity contribution in [1.82, 2.24) is 0 Å². The van der Waals surface area contributed by atoms with Gasteiger partial charge in [0.1, 0.15) is 11.5 Å². The molecule has 37 heavy (non-hydrogen) atoms. The van der Waals surface area contributed by atoms with E-state index < -0.39 is 18.0 Å². The molecule has 1 saturated heterocycles. The van der Waals surface area contributed by atoms with E-state index in [1.807, 2.05) is 42.5 Å². The van der Waals surface area contributed by atoms with E-state index in [4.69, 9.17) is 21.1 Å². The van der Waals surface area contributed by atoms with Crippen LogP contribution in [0.1, 0.15) is 23.7 Å². The first-order valence-corrected chi connectivity index (χ1v) is 12.3. The fourth-order valence-electron chi connectivity index (χ4n) is 4.39. The summed E-state index contributed by atoms with van der Waals surface area (Å²) in [5.41, 5.74) is 1.07. The minimum atomic E-state index is -0.969. The Morgan fingerprint density at radius 3 is 2.38 bits per heavy atom. The Hall–Kier alpha value is -4.16. The summed E-state index contributed by atoms with van der Waals surface area (Å²) < 4.78 is 11.5. The second-order valence-corrected chi connectivity index (χ2v) is 9.37. The molecule has 0 saturated carbocycles. The van der Waals surface area contributed by atoms with Crippen LogP contribution >= 0.6 is 11.6 Å². The average molecular weight is 514 g/mol. The molecular formula is C30H24ClNO5. The van der Waals surface area contributed by atoms with Crippen LogP contribution in [0.4, 0.5) is 5.69 Å². The Labute approximate surface area is 219 Å². The predicted molar refractivity (Wildman–Crippen MR) is 142 cm³/mol. The largest absolute Gasteiger partial charge is 0.457 e. The lowest BCUT2D eigenvalue weighted by molar-refractivity contribution is -0.151. The molecular weight excluding hydrogens is 490 g/mol. The molecule has 1 fully saturated rings. The number of nitrogens with zero attached hydrogens (tertiary/aromatic N) is 1. The zero-order chi connectivity index (χ0) is 25.9. The van der Waals surface area contributed by atoms with Gasteiger partial charge in [0, 0.05) is 34.6 Å². The standard InChI is InChI=1S/C30H24ClNO5/c1-19(29(34)21-9-11-23(31)12-10-21)36-30(35)22-17-28(33)32(18-22)24-13-15-25(16-14-24)37-27-8-4-6-20-5-2-3-7-26(20)27/h2-16,19,22H,17-18H2,1H3/t19-,22-/m0/s1. The highest BCUT2D eigenvalue weighted by Crippen LogP contribution is 2.32. The highest BCUT2D eigenvalue weighted by atomic mass is 35.5. The quantitative estimate of drug-likeness (QED) is 0.210. The third-order valence-corrected chi connectivity index (χ3v) is 6.63. The van der Waals surface area contributed by atoms with E-state index in [0.29, 0.717) is 22.0 Å². The molecule has 5 rings (SSSR count). The van der Waals surface area contributed by atoms with E-state index in [0.717, 1.165) is 16.5 Å². The van der Waals surface area contributed by atoms with Gasteiger partial charge in [0.25, 0.3) is 0 Å². The molecule has 0 aromatic heterocycles. The average Bonchev–Trinajstić information content (AvgIpc) is 3.31. The Morgan fingerprint density at radius 1 is 0.919 bits per heavy atom. The van der Waals surface area contributed by atoms with Gasteiger partial charge in [0.05, 0.1) is 5.92 Å². The molecule has 6 nitrogen and oxygen atoms in total. The molecule has 4 aromatic rings. The number of carbonyl (C=O) groups excluding carboxylic acids is 3. The zero-order valence-corrected chi connectivity index (χ0v) is 20.9. The van der Waals surface area contributed by atoms with Crippen LogP contribution in [0.15, 0.2) is 91.0 Å². The van der Waals surface area contributed by atoms with Crippen LogP contribution in [-0.2, 0) is 14.3 Å². The molecule has 186 valence electrons. The molecule has 0 spiro atoms. The van der Waals surface area contributed by atoms with Crippen molar-refractivity contribution in [2.75, 3.05) is 11.4 Å². The van der Waals surface area contributed by atoms with Gasteiger partial charge in [-0.1, -0.05) is 48.0 Å². The number of ketones is 1. The number of carbonyl (C=O) groups is 3. The van der Waals surface area contributed by atoms with Gasteiger partial charge in [-0.15, -0.1) is 0 Å². The maximum Gasteiger partial charge on any atom is 0.312 e. The smallest absolute Gasteiger partial charge is 0.312 e. The van der Waals surface area contributed by atoms with Crippen molar-refractivity contribution in [3.63, 3.8) is 0 Å². The van der Waals surface area contributed by atoms with Crippen molar-refractivity contribution in [2.45, 2.75) is 19.4 Å². The number of amides is 1. The monoisotopic (exact) mass is 513 g/mol. The lowest BCUT2D eigenvalue weighted by Gasteiger charge is -2.18. The van der Waals surface area contributed by atoms with Gasteiger partial charge in [0.2, 0.25) is 11.7 Å². The van der Waals surface area contributed by atoms with E-state index in [1.165, 1.54) is 6.92 Å². The molecule has 0 bridgehead atoms. The Balaban J connectivity index is 1.22. The summed E-state index contributed by atoms with van der Waals surface area (Å²) in [6, 6.07) is 27.4. The van der Waals surface area contributed by atoms with Crippen LogP contribution in [0.3, 0.4) is 0 Å². The molecule has 0 radical (unpaired) electrons. The van der Waals surface area contributed by atoms with Crippen LogP contribution in [-0.4, -0.2) is 30.3 Å². The van der Waals surface area contributed by atoms with Gasteiger partial charge in [-0.3, -0.25) is 14.4 Å². The normalized spacial score (nSPS) is 16.0. The zero-order valence-electron chi connectivity index (χ0n) is 20.1.